The minimum absolute atomic E-state index is 0.123. The van der Waals surface area contributed by atoms with E-state index in [0.717, 1.165) is 11.3 Å². The molecule has 2 heterocycles. The Morgan fingerprint density at radius 1 is 1.14 bits per heavy atom. The van der Waals surface area contributed by atoms with Crippen molar-refractivity contribution in [2.75, 3.05) is 0 Å². The van der Waals surface area contributed by atoms with Crippen molar-refractivity contribution in [1.29, 1.82) is 0 Å². The number of amides is 1. The summed E-state index contributed by atoms with van der Waals surface area (Å²) in [7, 11) is 0. The number of benzene rings is 1. The average Bonchev–Trinajstić information content (AvgIpc) is 2.82. The summed E-state index contributed by atoms with van der Waals surface area (Å²) in [5.41, 5.74) is 2.95. The fourth-order valence-corrected chi connectivity index (χ4v) is 2.67. The SMILES string of the molecule is Cc1ccc(N=C2NC(=O)/C(=C/c3ccncc3)S2)cc1. The number of hydrogen-bond donors (Lipinski definition) is 1. The van der Waals surface area contributed by atoms with Gasteiger partial charge in [-0.15, -0.1) is 0 Å². The quantitative estimate of drug-likeness (QED) is 0.865. The molecule has 1 saturated heterocycles. The third-order valence-electron chi connectivity index (χ3n) is 2.92. The highest BCUT2D eigenvalue weighted by Gasteiger charge is 2.23. The summed E-state index contributed by atoms with van der Waals surface area (Å²) in [5, 5.41) is 3.38. The Balaban J connectivity index is 1.81. The van der Waals surface area contributed by atoms with Crippen LogP contribution in [0.15, 0.2) is 58.7 Å². The van der Waals surface area contributed by atoms with E-state index in [9.17, 15) is 4.79 Å². The summed E-state index contributed by atoms with van der Waals surface area (Å²) in [6.45, 7) is 2.03. The van der Waals surface area contributed by atoms with E-state index in [1.54, 1.807) is 12.4 Å². The minimum atomic E-state index is -0.123. The molecule has 0 unspecified atom stereocenters. The van der Waals surface area contributed by atoms with E-state index in [1.807, 2.05) is 49.4 Å². The number of aromatic nitrogens is 1. The molecule has 0 aliphatic carbocycles. The van der Waals surface area contributed by atoms with Crippen LogP contribution in [0.3, 0.4) is 0 Å². The molecule has 0 bridgehead atoms. The average molecular weight is 295 g/mol. The van der Waals surface area contributed by atoms with E-state index in [2.05, 4.69) is 15.3 Å². The monoisotopic (exact) mass is 295 g/mol. The van der Waals surface area contributed by atoms with Gasteiger partial charge in [-0.3, -0.25) is 9.78 Å². The molecule has 4 nitrogen and oxygen atoms in total. The molecular formula is C16H13N3OS. The molecule has 3 rings (SSSR count). The maximum atomic E-state index is 11.9. The first-order valence-corrected chi connectivity index (χ1v) is 7.29. The van der Waals surface area contributed by atoms with Gasteiger partial charge in [0.15, 0.2) is 5.17 Å². The van der Waals surface area contributed by atoms with Crippen LogP contribution in [0, 0.1) is 6.92 Å². The van der Waals surface area contributed by atoms with Gasteiger partial charge in [0.25, 0.3) is 5.91 Å². The predicted molar refractivity (Wildman–Crippen MR) is 86.2 cm³/mol. The molecule has 1 aromatic heterocycles. The maximum Gasteiger partial charge on any atom is 0.264 e. The van der Waals surface area contributed by atoms with Crippen LogP contribution in [0.1, 0.15) is 11.1 Å². The Kier molecular flexibility index (Phi) is 3.83. The van der Waals surface area contributed by atoms with Crippen LogP contribution >= 0.6 is 11.8 Å². The summed E-state index contributed by atoms with van der Waals surface area (Å²) < 4.78 is 0. The third-order valence-corrected chi connectivity index (χ3v) is 3.83. The largest absolute Gasteiger partial charge is 0.300 e. The molecule has 1 aromatic carbocycles. The lowest BCUT2D eigenvalue weighted by atomic mass is 10.2. The smallest absolute Gasteiger partial charge is 0.264 e. The molecule has 0 saturated carbocycles. The van der Waals surface area contributed by atoms with E-state index in [-0.39, 0.29) is 5.91 Å². The van der Waals surface area contributed by atoms with Crippen LogP contribution in [0.2, 0.25) is 0 Å². The molecule has 1 fully saturated rings. The molecule has 1 amide bonds. The highest BCUT2D eigenvalue weighted by molar-refractivity contribution is 8.18. The summed E-state index contributed by atoms with van der Waals surface area (Å²) in [5.74, 6) is -0.123. The zero-order chi connectivity index (χ0) is 14.7. The lowest BCUT2D eigenvalue weighted by molar-refractivity contribution is -0.115. The van der Waals surface area contributed by atoms with Crippen molar-refractivity contribution >= 4 is 34.6 Å². The van der Waals surface area contributed by atoms with Gasteiger partial charge in [-0.2, -0.15) is 0 Å². The molecule has 104 valence electrons. The number of pyridine rings is 1. The maximum absolute atomic E-state index is 11.9. The zero-order valence-electron chi connectivity index (χ0n) is 11.4. The van der Waals surface area contributed by atoms with Crippen LogP contribution in [0.4, 0.5) is 5.69 Å². The summed E-state index contributed by atoms with van der Waals surface area (Å²) in [6, 6.07) is 11.6. The Morgan fingerprint density at radius 2 is 1.86 bits per heavy atom. The molecule has 5 heteroatoms. The number of aliphatic imine (C=N–C) groups is 1. The third kappa shape index (κ3) is 3.38. The molecule has 1 N–H and O–H groups in total. The van der Waals surface area contributed by atoms with Gasteiger partial charge in [0.2, 0.25) is 0 Å². The Bertz CT molecular complexity index is 721. The molecule has 0 spiro atoms. The zero-order valence-corrected chi connectivity index (χ0v) is 12.2. The van der Waals surface area contributed by atoms with Gasteiger partial charge >= 0.3 is 0 Å². The van der Waals surface area contributed by atoms with Crippen LogP contribution in [-0.2, 0) is 4.79 Å². The lowest BCUT2D eigenvalue weighted by Crippen LogP contribution is -2.19. The van der Waals surface area contributed by atoms with Crippen molar-refractivity contribution in [3.63, 3.8) is 0 Å². The minimum Gasteiger partial charge on any atom is -0.300 e. The van der Waals surface area contributed by atoms with Gasteiger partial charge in [-0.1, -0.05) is 17.7 Å². The van der Waals surface area contributed by atoms with Crippen LogP contribution in [-0.4, -0.2) is 16.1 Å². The second kappa shape index (κ2) is 5.93. The molecule has 1 aliphatic heterocycles. The van der Waals surface area contributed by atoms with Crippen LogP contribution in [0.25, 0.3) is 6.08 Å². The molecule has 0 atom stereocenters. The molecular weight excluding hydrogens is 282 g/mol. The summed E-state index contributed by atoms with van der Waals surface area (Å²) in [4.78, 5) is 21.0. The van der Waals surface area contributed by atoms with Crippen LogP contribution in [0.5, 0.6) is 0 Å². The van der Waals surface area contributed by atoms with Crippen molar-refractivity contribution in [2.45, 2.75) is 6.92 Å². The number of hydrogen-bond acceptors (Lipinski definition) is 4. The molecule has 1 aliphatic rings. The van der Waals surface area contributed by atoms with Crippen molar-refractivity contribution in [3.8, 4) is 0 Å². The Hall–Kier alpha value is -2.40. The number of carbonyl (C=O) groups excluding carboxylic acids is 1. The summed E-state index contributed by atoms with van der Waals surface area (Å²) in [6.07, 6.45) is 5.23. The Morgan fingerprint density at radius 3 is 2.57 bits per heavy atom. The fourth-order valence-electron chi connectivity index (χ4n) is 1.83. The van der Waals surface area contributed by atoms with Crippen LogP contribution < -0.4 is 5.32 Å². The van der Waals surface area contributed by atoms with E-state index in [0.29, 0.717) is 10.1 Å². The number of thioether (sulfide) groups is 1. The van der Waals surface area contributed by atoms with Crippen molar-refractivity contribution in [1.82, 2.24) is 10.3 Å². The molecule has 2 aromatic rings. The van der Waals surface area contributed by atoms with E-state index in [4.69, 9.17) is 0 Å². The van der Waals surface area contributed by atoms with Crippen molar-refractivity contribution in [3.05, 3.63) is 64.8 Å². The highest BCUT2D eigenvalue weighted by Crippen LogP contribution is 2.27. The Labute approximate surface area is 127 Å². The van der Waals surface area contributed by atoms with Crippen molar-refractivity contribution < 1.29 is 4.79 Å². The van der Waals surface area contributed by atoms with Gasteiger partial charge in [-0.25, -0.2) is 4.99 Å². The van der Waals surface area contributed by atoms with Gasteiger partial charge < -0.3 is 5.32 Å². The van der Waals surface area contributed by atoms with Gasteiger partial charge in [0.1, 0.15) is 0 Å². The molecule has 21 heavy (non-hydrogen) atoms. The second-order valence-electron chi connectivity index (χ2n) is 4.60. The first-order chi connectivity index (χ1) is 10.2. The fraction of sp³-hybridized carbons (Fsp3) is 0.0625. The number of carbonyl (C=O) groups is 1. The first kappa shape index (κ1) is 13.6. The number of nitrogens with one attached hydrogen (secondary N) is 1. The topological polar surface area (TPSA) is 54.4 Å². The van der Waals surface area contributed by atoms with E-state index < -0.39 is 0 Å². The highest BCUT2D eigenvalue weighted by atomic mass is 32.2. The van der Waals surface area contributed by atoms with Gasteiger partial charge in [-0.05, 0) is 54.6 Å². The second-order valence-corrected chi connectivity index (χ2v) is 5.63. The first-order valence-electron chi connectivity index (χ1n) is 6.47. The number of aryl methyl sites for hydroxylation is 1. The normalized spacial score (nSPS) is 18.2. The van der Waals surface area contributed by atoms with E-state index in [1.165, 1.54) is 17.3 Å². The van der Waals surface area contributed by atoms with Crippen molar-refractivity contribution in [2.24, 2.45) is 4.99 Å². The van der Waals surface area contributed by atoms with Gasteiger partial charge in [0.05, 0.1) is 10.6 Å². The number of amidine groups is 1. The molecule has 0 radical (unpaired) electrons. The van der Waals surface area contributed by atoms with Gasteiger partial charge in [0, 0.05) is 12.4 Å². The predicted octanol–water partition coefficient (Wildman–Crippen LogP) is 3.28. The standard InChI is InChI=1S/C16H13N3OS/c1-11-2-4-13(5-3-11)18-16-19-15(20)14(21-16)10-12-6-8-17-9-7-12/h2-10H,1H3,(H,18,19,20)/b14-10-. The number of rotatable bonds is 2. The van der Waals surface area contributed by atoms with E-state index >= 15 is 0 Å². The summed E-state index contributed by atoms with van der Waals surface area (Å²) >= 11 is 1.34. The number of nitrogens with zero attached hydrogens (tertiary/aromatic N) is 2. The lowest BCUT2D eigenvalue weighted by Gasteiger charge is -1.96.